The van der Waals surface area contributed by atoms with Gasteiger partial charge in [0.15, 0.2) is 11.5 Å². The minimum Gasteiger partial charge on any atom is -0.493 e. The number of hydrogen-bond donors (Lipinski definition) is 1. The molecule has 0 saturated carbocycles. The van der Waals surface area contributed by atoms with E-state index >= 15 is 0 Å². The first kappa shape index (κ1) is 20.9. The van der Waals surface area contributed by atoms with E-state index < -0.39 is 0 Å². The Balaban J connectivity index is 1.78. The van der Waals surface area contributed by atoms with Gasteiger partial charge in [-0.2, -0.15) is 0 Å². The molecule has 0 radical (unpaired) electrons. The zero-order chi connectivity index (χ0) is 20.1. The van der Waals surface area contributed by atoms with Crippen molar-refractivity contribution in [2.45, 2.75) is 13.5 Å². The van der Waals surface area contributed by atoms with Crippen molar-refractivity contribution in [3.05, 3.63) is 84.5 Å². The lowest BCUT2D eigenvalue weighted by Crippen LogP contribution is -2.13. The molecule has 0 aliphatic carbocycles. The Kier molecular flexibility index (Phi) is 7.17. The first-order chi connectivity index (χ1) is 13.5. The van der Waals surface area contributed by atoms with E-state index in [1.54, 1.807) is 19.2 Å². The third-order valence-electron chi connectivity index (χ3n) is 4.08. The zero-order valence-electron chi connectivity index (χ0n) is 15.5. The number of nitrogens with one attached hydrogen (secondary N) is 1. The molecular formula is C22H19I2NO3. The molecule has 1 N–H and O–H groups in total. The number of benzene rings is 3. The van der Waals surface area contributed by atoms with Crippen LogP contribution in [0.5, 0.6) is 11.5 Å². The molecule has 4 nitrogen and oxygen atoms in total. The van der Waals surface area contributed by atoms with Gasteiger partial charge in [0.1, 0.15) is 6.61 Å². The fraction of sp³-hybridized carbons (Fsp3) is 0.136. The van der Waals surface area contributed by atoms with Crippen LogP contribution in [0.2, 0.25) is 0 Å². The maximum atomic E-state index is 12.7. The van der Waals surface area contributed by atoms with Crippen LogP contribution in [0.4, 0.5) is 5.69 Å². The minimum atomic E-state index is -0.191. The third kappa shape index (κ3) is 5.38. The summed E-state index contributed by atoms with van der Waals surface area (Å²) in [7, 11) is 1.57. The average Bonchev–Trinajstić information content (AvgIpc) is 2.67. The summed E-state index contributed by atoms with van der Waals surface area (Å²) in [4.78, 5) is 12.7. The molecule has 3 aromatic carbocycles. The van der Waals surface area contributed by atoms with E-state index in [0.29, 0.717) is 23.7 Å². The Morgan fingerprint density at radius 1 is 1.04 bits per heavy atom. The smallest absolute Gasteiger partial charge is 0.255 e. The van der Waals surface area contributed by atoms with Crippen molar-refractivity contribution in [1.82, 2.24) is 0 Å². The van der Waals surface area contributed by atoms with Crippen LogP contribution in [0.1, 0.15) is 21.5 Å². The van der Waals surface area contributed by atoms with Gasteiger partial charge in [0.2, 0.25) is 0 Å². The number of ether oxygens (including phenoxy) is 2. The first-order valence-electron chi connectivity index (χ1n) is 8.59. The van der Waals surface area contributed by atoms with E-state index in [9.17, 15) is 4.79 Å². The van der Waals surface area contributed by atoms with Crippen LogP contribution < -0.4 is 14.8 Å². The molecule has 6 heteroatoms. The molecule has 0 saturated heterocycles. The number of carbonyl (C=O) groups is 1. The van der Waals surface area contributed by atoms with E-state index in [-0.39, 0.29) is 5.91 Å². The second-order valence-corrected chi connectivity index (χ2v) is 8.64. The molecule has 3 rings (SSSR count). The van der Waals surface area contributed by atoms with Gasteiger partial charge in [-0.3, -0.25) is 4.79 Å². The van der Waals surface area contributed by atoms with Crippen LogP contribution >= 0.6 is 45.2 Å². The summed E-state index contributed by atoms with van der Waals surface area (Å²) in [6.07, 6.45) is 0. The number of amides is 1. The Labute approximate surface area is 191 Å². The number of aryl methyl sites for hydroxylation is 1. The summed E-state index contributed by atoms with van der Waals surface area (Å²) in [5, 5.41) is 2.92. The summed E-state index contributed by atoms with van der Waals surface area (Å²) in [5.41, 5.74) is 3.55. The van der Waals surface area contributed by atoms with Crippen LogP contribution in [-0.2, 0) is 6.61 Å². The predicted molar refractivity (Wildman–Crippen MR) is 128 cm³/mol. The van der Waals surface area contributed by atoms with Crippen molar-refractivity contribution in [2.24, 2.45) is 0 Å². The largest absolute Gasteiger partial charge is 0.493 e. The standard InChI is InChI=1S/C22H19I2NO3/c1-14-6-8-15(9-7-14)13-28-21-19(24)10-16(11-20(21)27-2)22(26)25-18-5-3-4-17(23)12-18/h3-12H,13H2,1-2H3,(H,25,26). The quantitative estimate of drug-likeness (QED) is 0.352. The van der Waals surface area contributed by atoms with E-state index in [4.69, 9.17) is 9.47 Å². The summed E-state index contributed by atoms with van der Waals surface area (Å²) < 4.78 is 13.3. The van der Waals surface area contributed by atoms with Crippen LogP contribution in [0, 0.1) is 14.1 Å². The van der Waals surface area contributed by atoms with Crippen molar-refractivity contribution in [2.75, 3.05) is 12.4 Å². The first-order valence-corrected chi connectivity index (χ1v) is 10.7. The van der Waals surface area contributed by atoms with Crippen molar-refractivity contribution >= 4 is 56.8 Å². The van der Waals surface area contributed by atoms with Gasteiger partial charge in [-0.05, 0) is 88.0 Å². The van der Waals surface area contributed by atoms with Crippen LogP contribution in [0.25, 0.3) is 0 Å². The molecule has 0 fully saturated rings. The van der Waals surface area contributed by atoms with Gasteiger partial charge in [0.25, 0.3) is 5.91 Å². The summed E-state index contributed by atoms with van der Waals surface area (Å²) in [5.74, 6) is 0.976. The Bertz CT molecular complexity index is 988. The fourth-order valence-electron chi connectivity index (χ4n) is 2.60. The molecule has 0 unspecified atom stereocenters. The highest BCUT2D eigenvalue weighted by Crippen LogP contribution is 2.35. The highest BCUT2D eigenvalue weighted by Gasteiger charge is 2.16. The third-order valence-corrected chi connectivity index (χ3v) is 5.55. The molecule has 0 aliphatic rings. The van der Waals surface area contributed by atoms with Crippen molar-refractivity contribution < 1.29 is 14.3 Å². The van der Waals surface area contributed by atoms with Gasteiger partial charge in [0.05, 0.1) is 10.7 Å². The van der Waals surface area contributed by atoms with E-state index in [1.807, 2.05) is 36.4 Å². The molecule has 0 spiro atoms. The van der Waals surface area contributed by atoms with Crippen LogP contribution in [0.3, 0.4) is 0 Å². The molecule has 3 aromatic rings. The summed E-state index contributed by atoms with van der Waals surface area (Å²) in [6.45, 7) is 2.48. The normalized spacial score (nSPS) is 10.4. The number of methoxy groups -OCH3 is 1. The molecule has 0 atom stereocenters. The molecule has 1 amide bonds. The van der Waals surface area contributed by atoms with E-state index in [2.05, 4.69) is 69.6 Å². The van der Waals surface area contributed by atoms with Crippen LogP contribution in [-0.4, -0.2) is 13.0 Å². The van der Waals surface area contributed by atoms with Gasteiger partial charge < -0.3 is 14.8 Å². The predicted octanol–water partition coefficient (Wildman–Crippen LogP) is 6.04. The lowest BCUT2D eigenvalue weighted by Gasteiger charge is -2.15. The second-order valence-electron chi connectivity index (χ2n) is 6.23. The highest BCUT2D eigenvalue weighted by molar-refractivity contribution is 14.1. The molecule has 0 aliphatic heterocycles. The molecule has 0 bridgehead atoms. The Morgan fingerprint density at radius 2 is 1.79 bits per heavy atom. The minimum absolute atomic E-state index is 0.191. The van der Waals surface area contributed by atoms with E-state index in [1.165, 1.54) is 5.56 Å². The second kappa shape index (κ2) is 9.60. The van der Waals surface area contributed by atoms with E-state index in [0.717, 1.165) is 18.4 Å². The maximum absolute atomic E-state index is 12.7. The lowest BCUT2D eigenvalue weighted by molar-refractivity contribution is 0.102. The van der Waals surface area contributed by atoms with Gasteiger partial charge >= 0.3 is 0 Å². The van der Waals surface area contributed by atoms with Crippen LogP contribution in [0.15, 0.2) is 60.7 Å². The number of halogens is 2. The Morgan fingerprint density at radius 3 is 2.46 bits per heavy atom. The molecule has 144 valence electrons. The Hall–Kier alpha value is -1.81. The molecule has 28 heavy (non-hydrogen) atoms. The number of anilines is 1. The molecular weight excluding hydrogens is 580 g/mol. The number of rotatable bonds is 6. The molecule has 0 aromatic heterocycles. The van der Waals surface area contributed by atoms with Gasteiger partial charge in [-0.25, -0.2) is 0 Å². The van der Waals surface area contributed by atoms with Crippen molar-refractivity contribution in [3.8, 4) is 11.5 Å². The lowest BCUT2D eigenvalue weighted by atomic mass is 10.1. The fourth-order valence-corrected chi connectivity index (χ4v) is 3.90. The summed E-state index contributed by atoms with van der Waals surface area (Å²) >= 11 is 4.38. The topological polar surface area (TPSA) is 47.6 Å². The van der Waals surface area contributed by atoms with Crippen molar-refractivity contribution in [1.29, 1.82) is 0 Å². The number of carbonyl (C=O) groups excluding carboxylic acids is 1. The monoisotopic (exact) mass is 599 g/mol. The highest BCUT2D eigenvalue weighted by atomic mass is 127. The number of hydrogen-bond acceptors (Lipinski definition) is 3. The molecule has 0 heterocycles. The SMILES string of the molecule is COc1cc(C(=O)Nc2cccc(I)c2)cc(I)c1OCc1ccc(C)cc1. The average molecular weight is 599 g/mol. The summed E-state index contributed by atoms with van der Waals surface area (Å²) in [6, 6.07) is 19.4. The zero-order valence-corrected chi connectivity index (χ0v) is 19.8. The van der Waals surface area contributed by atoms with Gasteiger partial charge in [-0.1, -0.05) is 35.9 Å². The van der Waals surface area contributed by atoms with Crippen molar-refractivity contribution in [3.63, 3.8) is 0 Å². The van der Waals surface area contributed by atoms with Gasteiger partial charge in [-0.15, -0.1) is 0 Å². The van der Waals surface area contributed by atoms with Gasteiger partial charge in [0, 0.05) is 14.8 Å². The maximum Gasteiger partial charge on any atom is 0.255 e.